The Balaban J connectivity index is 2.94. The van der Waals surface area contributed by atoms with Crippen LogP contribution in [0.15, 0.2) is 0 Å². The predicted octanol–water partition coefficient (Wildman–Crippen LogP) is 1.95. The molecule has 1 N–H and O–H groups in total. The van der Waals surface area contributed by atoms with Crippen molar-refractivity contribution in [2.45, 2.75) is 31.9 Å². The van der Waals surface area contributed by atoms with Crippen LogP contribution < -0.4 is 0 Å². The minimum absolute atomic E-state index is 0.228. The summed E-state index contributed by atoms with van der Waals surface area (Å²) in [5.74, 6) is 0.919. The molecular formula is C13H28O4S. The predicted molar refractivity (Wildman–Crippen MR) is 76.4 cm³/mol. The fourth-order valence-corrected chi connectivity index (χ4v) is 1.87. The largest absolute Gasteiger partial charge is 0.395 e. The van der Waals surface area contributed by atoms with E-state index in [1.807, 2.05) is 6.92 Å². The second kappa shape index (κ2) is 15.2. The summed E-state index contributed by atoms with van der Waals surface area (Å²) in [4.78, 5) is 0. The molecule has 0 radical (unpaired) electrons. The summed E-state index contributed by atoms with van der Waals surface area (Å²) in [7, 11) is 0. The molecule has 0 aromatic rings. The molecule has 4 nitrogen and oxygen atoms in total. The van der Waals surface area contributed by atoms with E-state index in [-0.39, 0.29) is 6.61 Å². The lowest BCUT2D eigenvalue weighted by Crippen LogP contribution is -2.11. The third-order valence-corrected chi connectivity index (χ3v) is 3.39. The van der Waals surface area contributed by atoms with Crippen molar-refractivity contribution < 1.29 is 19.3 Å². The highest BCUT2D eigenvalue weighted by Gasteiger charge is 1.99. The molecule has 0 saturated heterocycles. The third-order valence-electron chi connectivity index (χ3n) is 2.27. The molecule has 0 aromatic heterocycles. The average molecular weight is 280 g/mol. The van der Waals surface area contributed by atoms with E-state index in [1.54, 1.807) is 11.8 Å². The van der Waals surface area contributed by atoms with Crippen molar-refractivity contribution in [3.8, 4) is 0 Å². The molecule has 1 unspecified atom stereocenters. The maximum Gasteiger partial charge on any atom is 0.0701 e. The second-order valence-corrected chi connectivity index (χ2v) is 5.60. The topological polar surface area (TPSA) is 47.9 Å². The van der Waals surface area contributed by atoms with Gasteiger partial charge in [-0.1, -0.05) is 20.3 Å². The van der Waals surface area contributed by atoms with Gasteiger partial charge in [-0.25, -0.2) is 0 Å². The fourth-order valence-electron chi connectivity index (χ4n) is 1.15. The Hall–Kier alpha value is 0.190. The highest BCUT2D eigenvalue weighted by atomic mass is 32.2. The van der Waals surface area contributed by atoms with Gasteiger partial charge in [0.05, 0.1) is 39.6 Å². The minimum Gasteiger partial charge on any atom is -0.395 e. The minimum atomic E-state index is 0.228. The van der Waals surface area contributed by atoms with Gasteiger partial charge in [0.25, 0.3) is 0 Å². The van der Waals surface area contributed by atoms with Gasteiger partial charge in [-0.15, -0.1) is 0 Å². The summed E-state index contributed by atoms with van der Waals surface area (Å²) < 4.78 is 16.1. The lowest BCUT2D eigenvalue weighted by atomic mass is 10.4. The van der Waals surface area contributed by atoms with Gasteiger partial charge in [0.1, 0.15) is 0 Å². The zero-order valence-corrected chi connectivity index (χ0v) is 12.5. The molecule has 0 spiro atoms. The average Bonchev–Trinajstić information content (AvgIpc) is 2.39. The van der Waals surface area contributed by atoms with Gasteiger partial charge in [0, 0.05) is 17.6 Å². The summed E-state index contributed by atoms with van der Waals surface area (Å²) in [6.45, 7) is 8.49. The molecule has 5 heteroatoms. The molecule has 0 amide bonds. The van der Waals surface area contributed by atoms with Gasteiger partial charge in [-0.05, 0) is 6.42 Å². The van der Waals surface area contributed by atoms with Crippen LogP contribution in [0.1, 0.15) is 26.7 Å². The molecule has 0 aliphatic carbocycles. The van der Waals surface area contributed by atoms with E-state index < -0.39 is 0 Å². The molecular weight excluding hydrogens is 252 g/mol. The maximum absolute atomic E-state index is 8.82. The molecule has 0 rings (SSSR count). The Morgan fingerprint density at radius 2 is 1.50 bits per heavy atom. The first-order chi connectivity index (χ1) is 8.81. The summed E-state index contributed by atoms with van der Waals surface area (Å²) in [6.07, 6.45) is 2.29. The van der Waals surface area contributed by atoms with E-state index in [0.29, 0.717) is 38.3 Å². The standard InChI is InChI=1S/C13H28O4S/c1-3-4-5-15-6-7-16-8-9-17-10-11-18-13(2)12-14/h13-14H,3-12H2,1-2H3. The lowest BCUT2D eigenvalue weighted by molar-refractivity contribution is 0.0169. The van der Waals surface area contributed by atoms with Crippen molar-refractivity contribution in [1.82, 2.24) is 0 Å². The summed E-state index contributed by atoms with van der Waals surface area (Å²) in [5, 5.41) is 9.11. The number of thioether (sulfide) groups is 1. The van der Waals surface area contributed by atoms with Crippen LogP contribution in [0.5, 0.6) is 0 Å². The highest BCUT2D eigenvalue weighted by Crippen LogP contribution is 2.08. The van der Waals surface area contributed by atoms with Crippen LogP contribution >= 0.6 is 11.8 Å². The van der Waals surface area contributed by atoms with Gasteiger partial charge < -0.3 is 19.3 Å². The van der Waals surface area contributed by atoms with Crippen LogP contribution in [0, 0.1) is 0 Å². The SMILES string of the molecule is CCCCOCCOCCOCCSC(C)CO. The second-order valence-electron chi connectivity index (χ2n) is 4.05. The van der Waals surface area contributed by atoms with Crippen LogP contribution in [0.3, 0.4) is 0 Å². The van der Waals surface area contributed by atoms with Crippen LogP contribution in [0.25, 0.3) is 0 Å². The first-order valence-electron chi connectivity index (χ1n) is 6.77. The van der Waals surface area contributed by atoms with E-state index >= 15 is 0 Å². The molecule has 0 aromatic carbocycles. The summed E-state index contributed by atoms with van der Waals surface area (Å²) in [5.41, 5.74) is 0. The van der Waals surface area contributed by atoms with Gasteiger partial charge in [-0.2, -0.15) is 11.8 Å². The lowest BCUT2D eigenvalue weighted by Gasteiger charge is -2.08. The number of hydrogen-bond acceptors (Lipinski definition) is 5. The zero-order valence-electron chi connectivity index (χ0n) is 11.7. The van der Waals surface area contributed by atoms with Crippen molar-refractivity contribution >= 4 is 11.8 Å². The monoisotopic (exact) mass is 280 g/mol. The van der Waals surface area contributed by atoms with Crippen molar-refractivity contribution in [2.75, 3.05) is 52.0 Å². The van der Waals surface area contributed by atoms with Gasteiger partial charge in [0.2, 0.25) is 0 Å². The Morgan fingerprint density at radius 3 is 2.06 bits per heavy atom. The number of rotatable bonds is 14. The number of aliphatic hydroxyl groups excluding tert-OH is 1. The zero-order chi connectivity index (χ0) is 13.5. The van der Waals surface area contributed by atoms with Crippen molar-refractivity contribution in [1.29, 1.82) is 0 Å². The van der Waals surface area contributed by atoms with Crippen LogP contribution in [0.2, 0.25) is 0 Å². The van der Waals surface area contributed by atoms with Crippen LogP contribution in [-0.2, 0) is 14.2 Å². The number of ether oxygens (including phenoxy) is 3. The van der Waals surface area contributed by atoms with Gasteiger partial charge in [-0.3, -0.25) is 0 Å². The number of aliphatic hydroxyl groups is 1. The van der Waals surface area contributed by atoms with E-state index in [9.17, 15) is 0 Å². The molecule has 0 saturated carbocycles. The van der Waals surface area contributed by atoms with E-state index in [2.05, 4.69) is 6.92 Å². The Morgan fingerprint density at radius 1 is 0.944 bits per heavy atom. The first kappa shape index (κ1) is 18.2. The third kappa shape index (κ3) is 14.3. The highest BCUT2D eigenvalue weighted by molar-refractivity contribution is 7.99. The van der Waals surface area contributed by atoms with Crippen molar-refractivity contribution in [3.63, 3.8) is 0 Å². The Kier molecular flexibility index (Phi) is 15.4. The molecule has 0 fully saturated rings. The molecule has 18 heavy (non-hydrogen) atoms. The maximum atomic E-state index is 8.82. The fraction of sp³-hybridized carbons (Fsp3) is 1.00. The summed E-state index contributed by atoms with van der Waals surface area (Å²) in [6, 6.07) is 0. The first-order valence-corrected chi connectivity index (χ1v) is 7.81. The molecule has 1 atom stereocenters. The summed E-state index contributed by atoms with van der Waals surface area (Å²) >= 11 is 1.72. The van der Waals surface area contributed by atoms with Gasteiger partial charge in [0.15, 0.2) is 0 Å². The quantitative estimate of drug-likeness (QED) is 0.493. The molecule has 0 aliphatic rings. The molecule has 0 heterocycles. The van der Waals surface area contributed by atoms with E-state index in [0.717, 1.165) is 18.8 Å². The normalized spacial score (nSPS) is 12.8. The van der Waals surface area contributed by atoms with Crippen molar-refractivity contribution in [3.05, 3.63) is 0 Å². The molecule has 0 aliphatic heterocycles. The van der Waals surface area contributed by atoms with Crippen LogP contribution in [-0.4, -0.2) is 62.4 Å². The van der Waals surface area contributed by atoms with Crippen LogP contribution in [0.4, 0.5) is 0 Å². The molecule has 110 valence electrons. The van der Waals surface area contributed by atoms with E-state index in [4.69, 9.17) is 19.3 Å². The number of unbranched alkanes of at least 4 members (excludes halogenated alkanes) is 1. The van der Waals surface area contributed by atoms with Gasteiger partial charge >= 0.3 is 0 Å². The number of hydrogen-bond donors (Lipinski definition) is 1. The smallest absolute Gasteiger partial charge is 0.0701 e. The van der Waals surface area contributed by atoms with Crippen molar-refractivity contribution in [2.24, 2.45) is 0 Å². The Labute approximate surface area is 115 Å². The van der Waals surface area contributed by atoms with E-state index in [1.165, 1.54) is 6.42 Å². The Bertz CT molecular complexity index is 158. The molecule has 0 bridgehead atoms.